The number of methoxy groups -OCH3 is 1. The Hall–Kier alpha value is -4.76. The molecule has 0 spiro atoms. The normalized spacial score (nSPS) is 19.6. The Labute approximate surface area is 257 Å². The number of ether oxygens (including phenoxy) is 2. The maximum atomic E-state index is 12.8. The van der Waals surface area contributed by atoms with Crippen molar-refractivity contribution in [3.8, 4) is 22.6 Å². The molecule has 3 atom stereocenters. The number of para-hydroxylation sites is 1. The molecule has 7 rings (SSSR count). The van der Waals surface area contributed by atoms with Crippen molar-refractivity contribution < 1.29 is 14.3 Å². The summed E-state index contributed by atoms with van der Waals surface area (Å²) in [7, 11) is 3.27. The van der Waals surface area contributed by atoms with Crippen molar-refractivity contribution in [2.24, 2.45) is 7.05 Å². The Morgan fingerprint density at radius 2 is 1.84 bits per heavy atom. The molecule has 0 saturated heterocycles. The van der Waals surface area contributed by atoms with Crippen molar-refractivity contribution in [1.82, 2.24) is 29.7 Å². The van der Waals surface area contributed by atoms with Gasteiger partial charge in [0.15, 0.2) is 0 Å². The molecule has 2 aromatic heterocycles. The summed E-state index contributed by atoms with van der Waals surface area (Å²) in [4.78, 5) is 15.3. The lowest BCUT2D eigenvalue weighted by Crippen LogP contribution is -2.36. The Balaban J connectivity index is 1.18. The highest BCUT2D eigenvalue weighted by Crippen LogP contribution is 2.55. The van der Waals surface area contributed by atoms with E-state index in [1.165, 1.54) is 18.2 Å². The molecule has 3 heterocycles. The molecule has 0 radical (unpaired) electrons. The van der Waals surface area contributed by atoms with Crippen LogP contribution in [-0.2, 0) is 24.9 Å². The fourth-order valence-corrected chi connectivity index (χ4v) is 6.42. The zero-order chi connectivity index (χ0) is 30.2. The number of aryl methyl sites for hydroxylation is 1. The van der Waals surface area contributed by atoms with E-state index in [1.54, 1.807) is 10.9 Å². The number of benzene rings is 3. The van der Waals surface area contributed by atoms with Crippen LogP contribution >= 0.6 is 0 Å². The van der Waals surface area contributed by atoms with Gasteiger partial charge in [-0.3, -0.25) is 9.58 Å². The molecule has 5 aromatic rings. The van der Waals surface area contributed by atoms with E-state index in [4.69, 9.17) is 9.47 Å². The van der Waals surface area contributed by atoms with Crippen LogP contribution in [0.1, 0.15) is 64.5 Å². The van der Waals surface area contributed by atoms with Gasteiger partial charge in [0.25, 0.3) is 0 Å². The lowest BCUT2D eigenvalue weighted by atomic mass is 10.0. The summed E-state index contributed by atoms with van der Waals surface area (Å²) >= 11 is 0. The van der Waals surface area contributed by atoms with Crippen LogP contribution in [0.5, 0.6) is 5.75 Å². The molecule has 1 saturated carbocycles. The first-order valence-electron chi connectivity index (χ1n) is 15.2. The molecule has 0 unspecified atom stereocenters. The largest absolute Gasteiger partial charge is 0.492 e. The third-order valence-electron chi connectivity index (χ3n) is 8.86. The fourth-order valence-electron chi connectivity index (χ4n) is 6.42. The molecule has 2 aliphatic rings. The predicted octanol–water partition coefficient (Wildman–Crippen LogP) is 5.90. The highest BCUT2D eigenvalue weighted by Gasteiger charge is 2.46. The quantitative estimate of drug-likeness (QED) is 0.209. The molecule has 1 aliphatic carbocycles. The van der Waals surface area contributed by atoms with E-state index in [0.717, 1.165) is 59.9 Å². The summed E-state index contributed by atoms with van der Waals surface area (Å²) in [5.74, 6) is 0.892. The van der Waals surface area contributed by atoms with Gasteiger partial charge in [-0.05, 0) is 53.8 Å². The molecule has 1 fully saturated rings. The molecule has 0 N–H and O–H groups in total. The van der Waals surface area contributed by atoms with Crippen LogP contribution in [0.2, 0.25) is 0 Å². The van der Waals surface area contributed by atoms with Gasteiger partial charge in [-0.15, -0.1) is 5.10 Å². The zero-order valence-electron chi connectivity index (χ0n) is 25.3. The van der Waals surface area contributed by atoms with Gasteiger partial charge < -0.3 is 9.47 Å². The third-order valence-corrected chi connectivity index (χ3v) is 8.86. The maximum Gasteiger partial charge on any atom is 0.341 e. The van der Waals surface area contributed by atoms with E-state index in [1.807, 2.05) is 36.1 Å². The highest BCUT2D eigenvalue weighted by molar-refractivity contribution is 5.91. The number of fused-ring (bicyclic) bond motifs is 1. The minimum Gasteiger partial charge on any atom is -0.492 e. The van der Waals surface area contributed by atoms with Gasteiger partial charge in [-0.25, -0.2) is 9.48 Å². The van der Waals surface area contributed by atoms with Crippen LogP contribution in [0.15, 0.2) is 85.2 Å². The van der Waals surface area contributed by atoms with Crippen molar-refractivity contribution in [3.05, 3.63) is 113 Å². The SMILES string of the molecule is CC[C@H]1COc2ccccc2CN1Cc1cccc(-c2cccc(-n3ncc(C(=O)OC)c3[C@@H]3C[C@H]3c3cn(C)nn3)c2)c1. The summed E-state index contributed by atoms with van der Waals surface area (Å²) < 4.78 is 14.9. The van der Waals surface area contributed by atoms with Crippen molar-refractivity contribution in [2.75, 3.05) is 13.7 Å². The second-order valence-electron chi connectivity index (χ2n) is 11.7. The number of hydrogen-bond donors (Lipinski definition) is 0. The summed E-state index contributed by atoms with van der Waals surface area (Å²) in [6, 6.07) is 25.8. The van der Waals surface area contributed by atoms with E-state index in [9.17, 15) is 4.79 Å². The Kier molecular flexibility index (Phi) is 7.47. The molecule has 3 aromatic carbocycles. The number of nitrogens with zero attached hydrogens (tertiary/aromatic N) is 6. The Morgan fingerprint density at radius 3 is 2.64 bits per heavy atom. The molecular formula is C35H36N6O3. The van der Waals surface area contributed by atoms with Gasteiger partial charge in [-0.2, -0.15) is 5.10 Å². The lowest BCUT2D eigenvalue weighted by molar-refractivity contribution is 0.0599. The summed E-state index contributed by atoms with van der Waals surface area (Å²) in [6.45, 7) is 4.61. The van der Waals surface area contributed by atoms with Crippen molar-refractivity contribution in [1.29, 1.82) is 0 Å². The van der Waals surface area contributed by atoms with Crippen LogP contribution in [0, 0.1) is 0 Å². The number of carbonyl (C=O) groups excluding carboxylic acids is 1. The van der Waals surface area contributed by atoms with Gasteiger partial charge in [0.05, 0.1) is 30.4 Å². The van der Waals surface area contributed by atoms with Gasteiger partial charge in [0.2, 0.25) is 0 Å². The summed E-state index contributed by atoms with van der Waals surface area (Å²) in [5, 5.41) is 13.1. The van der Waals surface area contributed by atoms with E-state index < -0.39 is 0 Å². The molecule has 1 aliphatic heterocycles. The van der Waals surface area contributed by atoms with Gasteiger partial charge >= 0.3 is 5.97 Å². The average Bonchev–Trinajstić information content (AvgIpc) is 3.58. The van der Waals surface area contributed by atoms with E-state index in [2.05, 4.69) is 81.8 Å². The molecule has 0 amide bonds. The Bertz CT molecular complexity index is 1810. The number of carbonyl (C=O) groups is 1. The molecule has 9 nitrogen and oxygen atoms in total. The number of aromatic nitrogens is 5. The number of esters is 1. The first-order valence-corrected chi connectivity index (χ1v) is 15.2. The second-order valence-corrected chi connectivity index (χ2v) is 11.7. The highest BCUT2D eigenvalue weighted by atomic mass is 16.5. The van der Waals surface area contributed by atoms with Gasteiger partial charge in [0, 0.05) is 49.8 Å². The maximum absolute atomic E-state index is 12.8. The molecule has 44 heavy (non-hydrogen) atoms. The van der Waals surface area contributed by atoms with Crippen molar-refractivity contribution >= 4 is 5.97 Å². The second kappa shape index (κ2) is 11.7. The predicted molar refractivity (Wildman–Crippen MR) is 167 cm³/mol. The van der Waals surface area contributed by atoms with Crippen LogP contribution in [0.3, 0.4) is 0 Å². The topological polar surface area (TPSA) is 87.3 Å². The average molecular weight is 589 g/mol. The minimum absolute atomic E-state index is 0.101. The number of rotatable bonds is 8. The summed E-state index contributed by atoms with van der Waals surface area (Å²) in [5.41, 5.74) is 7.87. The molecule has 224 valence electrons. The monoisotopic (exact) mass is 588 g/mol. The van der Waals surface area contributed by atoms with Crippen LogP contribution in [0.4, 0.5) is 0 Å². The summed E-state index contributed by atoms with van der Waals surface area (Å²) in [6.07, 6.45) is 5.46. The van der Waals surface area contributed by atoms with E-state index in [-0.39, 0.29) is 17.8 Å². The standard InChI is InChI=1S/C35H36N6O3/c1-4-27-22-44-33-14-6-5-10-26(33)20-40(27)19-23-9-7-11-24(15-23)25-12-8-13-28(16-25)41-34(31(18-36-41)35(42)43-3)30-17-29(30)32-21-39(2)38-37-32/h5-16,18,21,27,29-30H,4,17,19-20,22H2,1-3H3/t27-,29+,30+/m0/s1. The van der Waals surface area contributed by atoms with Crippen molar-refractivity contribution in [2.45, 2.75) is 50.7 Å². The van der Waals surface area contributed by atoms with Crippen molar-refractivity contribution in [3.63, 3.8) is 0 Å². The van der Waals surface area contributed by atoms with Gasteiger partial charge in [0.1, 0.15) is 17.9 Å². The molecule has 9 heteroatoms. The van der Waals surface area contributed by atoms with Gasteiger partial charge in [-0.1, -0.05) is 60.7 Å². The fraction of sp³-hybridized carbons (Fsp3) is 0.314. The minimum atomic E-state index is -0.383. The van der Waals surface area contributed by atoms with E-state index >= 15 is 0 Å². The lowest BCUT2D eigenvalue weighted by Gasteiger charge is -2.28. The van der Waals surface area contributed by atoms with Crippen LogP contribution in [-0.4, -0.2) is 55.4 Å². The zero-order valence-corrected chi connectivity index (χ0v) is 25.3. The smallest absolute Gasteiger partial charge is 0.341 e. The van der Waals surface area contributed by atoms with Crippen LogP contribution < -0.4 is 4.74 Å². The third kappa shape index (κ3) is 5.39. The Morgan fingerprint density at radius 1 is 1.02 bits per heavy atom. The molecular weight excluding hydrogens is 552 g/mol. The van der Waals surface area contributed by atoms with E-state index in [0.29, 0.717) is 18.2 Å². The number of hydrogen-bond acceptors (Lipinski definition) is 7. The first-order chi connectivity index (χ1) is 21.5. The molecule has 0 bridgehead atoms. The van der Waals surface area contributed by atoms with Crippen LogP contribution in [0.25, 0.3) is 16.8 Å². The first kappa shape index (κ1) is 28.0.